The number of benzene rings is 2. The van der Waals surface area contributed by atoms with E-state index in [9.17, 15) is 14.4 Å². The van der Waals surface area contributed by atoms with Gasteiger partial charge in [0.2, 0.25) is 11.8 Å². The maximum atomic E-state index is 12.2. The summed E-state index contributed by atoms with van der Waals surface area (Å²) in [5.74, 6) is -0.452. The van der Waals surface area contributed by atoms with Crippen LogP contribution in [0, 0.1) is 0 Å². The first-order valence-corrected chi connectivity index (χ1v) is 9.49. The summed E-state index contributed by atoms with van der Waals surface area (Å²) in [5, 5.41) is 9.26. The lowest BCUT2D eigenvalue weighted by Gasteiger charge is -2.11. The Labute approximate surface area is 176 Å². The number of para-hydroxylation sites is 2. The quantitative estimate of drug-likeness (QED) is 0.414. The molecule has 2 aromatic carbocycles. The zero-order valence-electron chi connectivity index (χ0n) is 16.0. The van der Waals surface area contributed by atoms with Gasteiger partial charge in [0.15, 0.2) is 6.61 Å². The monoisotopic (exact) mass is 460 g/mol. The predicted octanol–water partition coefficient (Wildman–Crippen LogP) is 3.31. The van der Waals surface area contributed by atoms with E-state index in [1.807, 2.05) is 0 Å². The molecule has 0 saturated heterocycles. The van der Waals surface area contributed by atoms with Gasteiger partial charge in [-0.3, -0.25) is 14.4 Å². The predicted molar refractivity (Wildman–Crippen MR) is 115 cm³/mol. The van der Waals surface area contributed by atoms with Crippen LogP contribution in [0.3, 0.4) is 0 Å². The smallest absolute Gasteiger partial charge is 0.277 e. The van der Waals surface area contributed by atoms with Crippen LogP contribution in [0.4, 0.5) is 11.4 Å². The van der Waals surface area contributed by atoms with Crippen molar-refractivity contribution in [3.63, 3.8) is 0 Å². The van der Waals surface area contributed by atoms with Gasteiger partial charge in [-0.25, -0.2) is 5.43 Å². The van der Waals surface area contributed by atoms with Crippen molar-refractivity contribution in [1.82, 2.24) is 5.43 Å². The molecule has 3 amide bonds. The van der Waals surface area contributed by atoms with Gasteiger partial charge in [-0.1, -0.05) is 28.1 Å². The molecule has 0 aliphatic carbocycles. The number of hydrogen-bond donors (Lipinski definition) is 3. The molecule has 0 aliphatic rings. The summed E-state index contributed by atoms with van der Waals surface area (Å²) in [4.78, 5) is 35.3. The fourth-order valence-electron chi connectivity index (χ4n) is 2.23. The third kappa shape index (κ3) is 8.14. The average Bonchev–Trinajstić information content (AvgIpc) is 2.67. The number of nitrogens with one attached hydrogen (secondary N) is 3. The number of halogens is 1. The summed E-state index contributed by atoms with van der Waals surface area (Å²) in [6.45, 7) is 2.81. The molecule has 0 spiro atoms. The van der Waals surface area contributed by atoms with Gasteiger partial charge in [-0.2, -0.15) is 5.10 Å². The number of carbonyl (C=O) groups is 3. The highest BCUT2D eigenvalue weighted by atomic mass is 79.9. The summed E-state index contributed by atoms with van der Waals surface area (Å²) < 4.78 is 6.25. The molecule has 0 radical (unpaired) electrons. The van der Waals surface area contributed by atoms with Crippen molar-refractivity contribution in [3.05, 3.63) is 53.0 Å². The van der Waals surface area contributed by atoms with Gasteiger partial charge >= 0.3 is 0 Å². The Kier molecular flexibility index (Phi) is 8.35. The molecule has 152 valence electrons. The Bertz CT molecular complexity index is 913. The van der Waals surface area contributed by atoms with E-state index in [0.717, 1.165) is 4.47 Å². The lowest BCUT2D eigenvalue weighted by atomic mass is 10.2. The second-order valence-corrected chi connectivity index (χ2v) is 6.99. The minimum absolute atomic E-state index is 0.0255. The zero-order chi connectivity index (χ0) is 21.2. The Hall–Kier alpha value is -3.20. The first kappa shape index (κ1) is 22.1. The Morgan fingerprint density at radius 1 is 0.931 bits per heavy atom. The van der Waals surface area contributed by atoms with Crippen molar-refractivity contribution in [3.8, 4) is 5.75 Å². The van der Waals surface area contributed by atoms with E-state index in [2.05, 4.69) is 37.1 Å². The number of hydrogen-bond acceptors (Lipinski definition) is 5. The summed E-state index contributed by atoms with van der Waals surface area (Å²) in [7, 11) is 0. The second kappa shape index (κ2) is 11.0. The molecule has 0 heterocycles. The molecule has 0 aromatic heterocycles. The fourth-order valence-corrected chi connectivity index (χ4v) is 2.49. The van der Waals surface area contributed by atoms with Crippen LogP contribution in [-0.2, 0) is 14.4 Å². The highest BCUT2D eigenvalue weighted by Crippen LogP contribution is 2.21. The number of rotatable bonds is 8. The lowest BCUT2D eigenvalue weighted by Crippen LogP contribution is -2.26. The SMILES string of the molecule is CC(=O)Nc1ccccc1NC(=O)C/C(C)=N/NC(=O)COc1ccc(Br)cc1. The maximum absolute atomic E-state index is 12.2. The lowest BCUT2D eigenvalue weighted by molar-refractivity contribution is -0.123. The van der Waals surface area contributed by atoms with E-state index in [1.54, 1.807) is 55.5 Å². The maximum Gasteiger partial charge on any atom is 0.277 e. The van der Waals surface area contributed by atoms with Crippen LogP contribution < -0.4 is 20.8 Å². The third-order valence-corrected chi connectivity index (χ3v) is 4.01. The molecule has 0 fully saturated rings. The zero-order valence-corrected chi connectivity index (χ0v) is 17.6. The number of ether oxygens (including phenoxy) is 1. The number of anilines is 2. The molecule has 8 nitrogen and oxygen atoms in total. The number of amides is 3. The van der Waals surface area contributed by atoms with E-state index in [-0.39, 0.29) is 24.8 Å². The minimum Gasteiger partial charge on any atom is -0.484 e. The van der Waals surface area contributed by atoms with Gasteiger partial charge in [-0.05, 0) is 43.3 Å². The molecule has 0 unspecified atom stereocenters. The van der Waals surface area contributed by atoms with Gasteiger partial charge in [0.25, 0.3) is 5.91 Å². The molecule has 2 rings (SSSR count). The van der Waals surface area contributed by atoms with Crippen molar-refractivity contribution >= 4 is 50.7 Å². The highest BCUT2D eigenvalue weighted by molar-refractivity contribution is 9.10. The van der Waals surface area contributed by atoms with Crippen molar-refractivity contribution in [2.75, 3.05) is 17.2 Å². The van der Waals surface area contributed by atoms with Gasteiger partial charge < -0.3 is 15.4 Å². The molecule has 3 N–H and O–H groups in total. The summed E-state index contributed by atoms with van der Waals surface area (Å²) >= 11 is 3.32. The van der Waals surface area contributed by atoms with Crippen LogP contribution in [0.25, 0.3) is 0 Å². The summed E-state index contributed by atoms with van der Waals surface area (Å²) in [6, 6.07) is 13.9. The Morgan fingerprint density at radius 3 is 2.17 bits per heavy atom. The molecule has 0 atom stereocenters. The molecular formula is C20H21BrN4O4. The molecule has 9 heteroatoms. The van der Waals surface area contributed by atoms with Crippen LogP contribution in [0.2, 0.25) is 0 Å². The first-order chi connectivity index (χ1) is 13.8. The van der Waals surface area contributed by atoms with Crippen molar-refractivity contribution in [2.24, 2.45) is 5.10 Å². The third-order valence-electron chi connectivity index (χ3n) is 3.48. The Balaban J connectivity index is 1.81. The van der Waals surface area contributed by atoms with Gasteiger partial charge in [0.05, 0.1) is 17.8 Å². The van der Waals surface area contributed by atoms with Crippen molar-refractivity contribution in [1.29, 1.82) is 0 Å². The number of nitrogens with zero attached hydrogens (tertiary/aromatic N) is 1. The summed E-state index contributed by atoms with van der Waals surface area (Å²) in [6.07, 6.45) is -0.0255. The van der Waals surface area contributed by atoms with Gasteiger partial charge in [0, 0.05) is 17.1 Å². The molecule has 0 aliphatic heterocycles. The molecule has 0 bridgehead atoms. The van der Waals surface area contributed by atoms with Gasteiger partial charge in [-0.15, -0.1) is 0 Å². The van der Waals surface area contributed by atoms with Gasteiger partial charge in [0.1, 0.15) is 5.75 Å². The van der Waals surface area contributed by atoms with Crippen molar-refractivity contribution in [2.45, 2.75) is 20.3 Å². The van der Waals surface area contributed by atoms with Crippen LogP contribution in [0.5, 0.6) is 5.75 Å². The molecule has 2 aromatic rings. The molecule has 0 saturated carbocycles. The largest absolute Gasteiger partial charge is 0.484 e. The summed E-state index contributed by atoms with van der Waals surface area (Å²) in [5.41, 5.74) is 3.74. The van der Waals surface area contributed by atoms with Crippen LogP contribution >= 0.6 is 15.9 Å². The van der Waals surface area contributed by atoms with E-state index in [4.69, 9.17) is 4.74 Å². The fraction of sp³-hybridized carbons (Fsp3) is 0.200. The Morgan fingerprint density at radius 2 is 1.55 bits per heavy atom. The average molecular weight is 461 g/mol. The topological polar surface area (TPSA) is 109 Å². The van der Waals surface area contributed by atoms with E-state index in [1.165, 1.54) is 6.92 Å². The number of hydrazone groups is 1. The number of carbonyl (C=O) groups excluding carboxylic acids is 3. The minimum atomic E-state index is -0.441. The van der Waals surface area contributed by atoms with E-state index >= 15 is 0 Å². The highest BCUT2D eigenvalue weighted by Gasteiger charge is 2.09. The second-order valence-electron chi connectivity index (χ2n) is 6.08. The standard InChI is InChI=1S/C20H21BrN4O4/c1-13(24-25-20(28)12-29-16-9-7-15(21)8-10-16)11-19(27)23-18-6-4-3-5-17(18)22-14(2)26/h3-10H,11-12H2,1-2H3,(H,22,26)(H,23,27)(H,25,28)/b24-13+. The van der Waals surface area contributed by atoms with Crippen LogP contribution in [-0.4, -0.2) is 30.0 Å². The van der Waals surface area contributed by atoms with Crippen LogP contribution in [0.15, 0.2) is 58.1 Å². The molecule has 29 heavy (non-hydrogen) atoms. The normalized spacial score (nSPS) is 10.8. The molecular weight excluding hydrogens is 440 g/mol. The van der Waals surface area contributed by atoms with E-state index in [0.29, 0.717) is 22.8 Å². The van der Waals surface area contributed by atoms with Crippen LogP contribution in [0.1, 0.15) is 20.3 Å². The van der Waals surface area contributed by atoms with E-state index < -0.39 is 5.91 Å². The first-order valence-electron chi connectivity index (χ1n) is 8.70. The van der Waals surface area contributed by atoms with Crippen molar-refractivity contribution < 1.29 is 19.1 Å².